The molecule has 0 fully saturated rings. The highest BCUT2D eigenvalue weighted by molar-refractivity contribution is 5.72. The van der Waals surface area contributed by atoms with Crippen molar-refractivity contribution in [3.8, 4) is 5.75 Å². The summed E-state index contributed by atoms with van der Waals surface area (Å²) in [7, 11) is 3.04. The van der Waals surface area contributed by atoms with Crippen LogP contribution in [-0.4, -0.2) is 20.2 Å². The minimum absolute atomic E-state index is 0.108. The Morgan fingerprint density at radius 2 is 1.87 bits per heavy atom. The fourth-order valence-corrected chi connectivity index (χ4v) is 1.40. The molecule has 0 aliphatic rings. The third-order valence-electron chi connectivity index (χ3n) is 2.30. The van der Waals surface area contributed by atoms with Crippen molar-refractivity contribution in [2.75, 3.05) is 14.2 Å². The molecule has 0 N–H and O–H groups in total. The quantitative estimate of drug-likeness (QED) is 0.710. The van der Waals surface area contributed by atoms with E-state index in [1.54, 1.807) is 7.11 Å². The van der Waals surface area contributed by atoms with Gasteiger partial charge < -0.3 is 9.47 Å². The molecule has 0 radical (unpaired) electrons. The minimum Gasteiger partial charge on any atom is -0.497 e. The van der Waals surface area contributed by atoms with E-state index >= 15 is 0 Å². The van der Waals surface area contributed by atoms with E-state index in [1.807, 2.05) is 31.2 Å². The average Bonchev–Trinajstić information content (AvgIpc) is 2.29. The largest absolute Gasteiger partial charge is 0.497 e. The molecule has 0 saturated carbocycles. The lowest BCUT2D eigenvalue weighted by atomic mass is 10.0. The molecule has 0 bridgehead atoms. The summed E-state index contributed by atoms with van der Waals surface area (Å²) in [5.74, 6) is 0.540. The third kappa shape index (κ3) is 3.27. The molecule has 0 amide bonds. The van der Waals surface area contributed by atoms with Crippen LogP contribution in [-0.2, 0) is 16.0 Å². The normalized spacial score (nSPS) is 11.9. The van der Waals surface area contributed by atoms with Crippen molar-refractivity contribution in [3.05, 3.63) is 29.8 Å². The van der Waals surface area contributed by atoms with Gasteiger partial charge in [0, 0.05) is 0 Å². The van der Waals surface area contributed by atoms with Gasteiger partial charge in [-0.25, -0.2) is 0 Å². The molecular formula is C12H16O3. The standard InChI is InChI=1S/C12H16O3/c1-9(12(13)15-3)8-10-4-6-11(14-2)7-5-10/h4-7,9H,8H2,1-3H3/t9-/m0/s1. The zero-order valence-corrected chi connectivity index (χ0v) is 9.32. The third-order valence-corrected chi connectivity index (χ3v) is 2.30. The summed E-state index contributed by atoms with van der Waals surface area (Å²) in [4.78, 5) is 11.2. The van der Waals surface area contributed by atoms with Gasteiger partial charge in [-0.3, -0.25) is 4.79 Å². The summed E-state index contributed by atoms with van der Waals surface area (Å²) in [5, 5.41) is 0. The minimum atomic E-state index is -0.175. The molecule has 0 aliphatic carbocycles. The monoisotopic (exact) mass is 208 g/mol. The Bertz CT molecular complexity index is 316. The van der Waals surface area contributed by atoms with Crippen LogP contribution in [0, 0.1) is 5.92 Å². The van der Waals surface area contributed by atoms with Crippen LogP contribution in [0.25, 0.3) is 0 Å². The van der Waals surface area contributed by atoms with E-state index in [9.17, 15) is 4.79 Å². The molecule has 1 atom stereocenters. The van der Waals surface area contributed by atoms with Gasteiger partial charge in [-0.2, -0.15) is 0 Å². The van der Waals surface area contributed by atoms with Crippen LogP contribution in [0.1, 0.15) is 12.5 Å². The van der Waals surface area contributed by atoms with E-state index in [-0.39, 0.29) is 11.9 Å². The number of hydrogen-bond acceptors (Lipinski definition) is 3. The second-order valence-electron chi connectivity index (χ2n) is 3.48. The highest BCUT2D eigenvalue weighted by atomic mass is 16.5. The first-order valence-electron chi connectivity index (χ1n) is 4.88. The van der Waals surface area contributed by atoms with Crippen LogP contribution in [0.2, 0.25) is 0 Å². The molecule has 1 aromatic carbocycles. The molecule has 0 unspecified atom stereocenters. The van der Waals surface area contributed by atoms with E-state index in [1.165, 1.54) is 7.11 Å². The number of benzene rings is 1. The van der Waals surface area contributed by atoms with Crippen LogP contribution >= 0.6 is 0 Å². The van der Waals surface area contributed by atoms with E-state index in [0.717, 1.165) is 11.3 Å². The summed E-state index contributed by atoms with van der Waals surface area (Å²) in [5.41, 5.74) is 1.11. The topological polar surface area (TPSA) is 35.5 Å². The first-order valence-corrected chi connectivity index (χ1v) is 4.88. The van der Waals surface area contributed by atoms with Crippen molar-refractivity contribution in [1.29, 1.82) is 0 Å². The summed E-state index contributed by atoms with van der Waals surface area (Å²) < 4.78 is 9.72. The Hall–Kier alpha value is -1.51. The maximum Gasteiger partial charge on any atom is 0.308 e. The molecule has 3 heteroatoms. The molecule has 0 spiro atoms. The molecule has 0 saturated heterocycles. The lowest BCUT2D eigenvalue weighted by Gasteiger charge is -2.09. The van der Waals surface area contributed by atoms with Gasteiger partial charge in [0.05, 0.1) is 20.1 Å². The Kier molecular flexibility index (Phi) is 4.16. The van der Waals surface area contributed by atoms with Crippen LogP contribution in [0.5, 0.6) is 5.75 Å². The second-order valence-corrected chi connectivity index (χ2v) is 3.48. The molecule has 0 aromatic heterocycles. The van der Waals surface area contributed by atoms with Crippen LogP contribution in [0.3, 0.4) is 0 Å². The van der Waals surface area contributed by atoms with Gasteiger partial charge in [0.15, 0.2) is 0 Å². The Morgan fingerprint density at radius 3 is 2.33 bits per heavy atom. The summed E-state index contributed by atoms with van der Waals surface area (Å²) in [6.45, 7) is 1.86. The zero-order chi connectivity index (χ0) is 11.3. The van der Waals surface area contributed by atoms with Crippen molar-refractivity contribution < 1.29 is 14.3 Å². The highest BCUT2D eigenvalue weighted by Crippen LogP contribution is 2.15. The summed E-state index contributed by atoms with van der Waals surface area (Å²) >= 11 is 0. The van der Waals surface area contributed by atoms with Crippen LogP contribution in [0.15, 0.2) is 24.3 Å². The Morgan fingerprint density at radius 1 is 1.27 bits per heavy atom. The van der Waals surface area contributed by atoms with Crippen molar-refractivity contribution in [1.82, 2.24) is 0 Å². The van der Waals surface area contributed by atoms with E-state index in [2.05, 4.69) is 4.74 Å². The van der Waals surface area contributed by atoms with E-state index in [0.29, 0.717) is 6.42 Å². The smallest absolute Gasteiger partial charge is 0.308 e. The fraction of sp³-hybridized carbons (Fsp3) is 0.417. The van der Waals surface area contributed by atoms with Crippen molar-refractivity contribution in [2.24, 2.45) is 5.92 Å². The second kappa shape index (κ2) is 5.39. The van der Waals surface area contributed by atoms with Crippen molar-refractivity contribution in [3.63, 3.8) is 0 Å². The van der Waals surface area contributed by atoms with Gasteiger partial charge in [0.2, 0.25) is 0 Å². The van der Waals surface area contributed by atoms with Crippen LogP contribution in [0.4, 0.5) is 0 Å². The summed E-state index contributed by atoms with van der Waals surface area (Å²) in [6.07, 6.45) is 0.691. The number of rotatable bonds is 4. The highest BCUT2D eigenvalue weighted by Gasteiger charge is 2.13. The fourth-order valence-electron chi connectivity index (χ4n) is 1.40. The Balaban J connectivity index is 2.60. The molecule has 82 valence electrons. The molecule has 1 aromatic rings. The lowest BCUT2D eigenvalue weighted by molar-refractivity contribution is -0.144. The van der Waals surface area contributed by atoms with Crippen molar-refractivity contribution in [2.45, 2.75) is 13.3 Å². The van der Waals surface area contributed by atoms with Gasteiger partial charge >= 0.3 is 5.97 Å². The van der Waals surface area contributed by atoms with Gasteiger partial charge in [0.25, 0.3) is 0 Å². The number of ether oxygens (including phenoxy) is 2. The molecule has 1 rings (SSSR count). The van der Waals surface area contributed by atoms with E-state index < -0.39 is 0 Å². The maximum atomic E-state index is 11.2. The number of hydrogen-bond donors (Lipinski definition) is 0. The first-order chi connectivity index (χ1) is 7.17. The average molecular weight is 208 g/mol. The number of carbonyl (C=O) groups is 1. The van der Waals surface area contributed by atoms with Gasteiger partial charge in [0.1, 0.15) is 5.75 Å². The van der Waals surface area contributed by atoms with Gasteiger partial charge in [-0.15, -0.1) is 0 Å². The number of carbonyl (C=O) groups excluding carboxylic acids is 1. The predicted molar refractivity (Wildman–Crippen MR) is 57.9 cm³/mol. The lowest BCUT2D eigenvalue weighted by Crippen LogP contribution is -2.14. The zero-order valence-electron chi connectivity index (χ0n) is 9.32. The SMILES string of the molecule is COC(=O)[C@@H](C)Cc1ccc(OC)cc1. The molecular weight excluding hydrogens is 192 g/mol. The van der Waals surface area contributed by atoms with Crippen molar-refractivity contribution >= 4 is 5.97 Å². The number of methoxy groups -OCH3 is 2. The first kappa shape index (κ1) is 11.6. The predicted octanol–water partition coefficient (Wildman–Crippen LogP) is 2.05. The molecule has 15 heavy (non-hydrogen) atoms. The summed E-state index contributed by atoms with van der Waals surface area (Å²) in [6, 6.07) is 7.69. The van der Waals surface area contributed by atoms with Gasteiger partial charge in [-0.1, -0.05) is 19.1 Å². The maximum absolute atomic E-state index is 11.2. The number of esters is 1. The molecule has 0 aliphatic heterocycles. The van der Waals surface area contributed by atoms with E-state index in [4.69, 9.17) is 4.74 Å². The Labute approximate surface area is 90.0 Å². The van der Waals surface area contributed by atoms with Crippen LogP contribution < -0.4 is 4.74 Å². The van der Waals surface area contributed by atoms with Gasteiger partial charge in [-0.05, 0) is 24.1 Å². The molecule has 0 heterocycles. The molecule has 3 nitrogen and oxygen atoms in total.